The minimum absolute atomic E-state index is 0.862. The lowest BCUT2D eigenvalue weighted by atomic mass is 9.95. The predicted molar refractivity (Wildman–Crippen MR) is 199 cm³/mol. The molecule has 0 unspecified atom stereocenters. The molecule has 31 heteroatoms. The van der Waals surface area contributed by atoms with E-state index in [9.17, 15) is 102 Å². The number of ether oxygens (including phenoxy) is 11. The summed E-state index contributed by atoms with van der Waals surface area (Å²) in [6.45, 7) is -5.79. The summed E-state index contributed by atoms with van der Waals surface area (Å²) in [4.78, 5) is 0. The number of aliphatic hydroxyl groups is 20. The molecule has 6 rings (SSSR count). The number of hydrogen-bond acceptors (Lipinski definition) is 31. The number of hydrogen-bond donors (Lipinski definition) is 20. The van der Waals surface area contributed by atoms with Crippen LogP contribution < -0.4 is 0 Å². The number of aliphatic hydroxyl groups excluding tert-OH is 20. The molecule has 0 aromatic carbocycles. The third kappa shape index (κ3) is 11.2. The predicted octanol–water partition coefficient (Wildman–Crippen LogP) is -14.1. The van der Waals surface area contributed by atoms with Gasteiger partial charge in [0.15, 0.2) is 37.7 Å². The summed E-state index contributed by atoms with van der Waals surface area (Å²) < 4.78 is 60.4. The van der Waals surface area contributed by atoms with Crippen LogP contribution in [0.5, 0.6) is 0 Å². The molecule has 30 atom stereocenters. The Kier molecular flexibility index (Phi) is 19.4. The second kappa shape index (κ2) is 23.5. The van der Waals surface area contributed by atoms with Crippen molar-refractivity contribution in [3.8, 4) is 0 Å². The molecular formula is C36H62O31. The minimum atomic E-state index is -2.26. The second-order valence-corrected chi connectivity index (χ2v) is 16.8. The molecule has 20 N–H and O–H groups in total. The van der Waals surface area contributed by atoms with Crippen LogP contribution in [0.25, 0.3) is 0 Å². The maximum atomic E-state index is 11.5. The van der Waals surface area contributed by atoms with E-state index in [4.69, 9.17) is 52.1 Å². The molecule has 67 heavy (non-hydrogen) atoms. The normalized spacial score (nSPS) is 53.4. The van der Waals surface area contributed by atoms with E-state index < -0.39 is 224 Å². The fourth-order valence-electron chi connectivity index (χ4n) is 8.49. The Bertz CT molecular complexity index is 1510. The maximum Gasteiger partial charge on any atom is 0.187 e. The van der Waals surface area contributed by atoms with Crippen LogP contribution in [0.4, 0.5) is 0 Å². The summed E-state index contributed by atoms with van der Waals surface area (Å²) in [6, 6.07) is 0. The van der Waals surface area contributed by atoms with Crippen LogP contribution in [0.2, 0.25) is 0 Å². The van der Waals surface area contributed by atoms with Gasteiger partial charge in [0.05, 0.1) is 39.6 Å². The molecule has 0 saturated carbocycles. The first kappa shape index (κ1) is 55.1. The van der Waals surface area contributed by atoms with Crippen LogP contribution in [0, 0.1) is 0 Å². The van der Waals surface area contributed by atoms with Crippen LogP contribution in [-0.2, 0) is 52.1 Å². The Morgan fingerprint density at radius 1 is 0.224 bits per heavy atom. The molecule has 31 nitrogen and oxygen atoms in total. The lowest BCUT2D eigenvalue weighted by Gasteiger charge is -2.50. The minimum Gasteiger partial charge on any atom is -0.394 e. The van der Waals surface area contributed by atoms with Crippen molar-refractivity contribution in [1.82, 2.24) is 0 Å². The van der Waals surface area contributed by atoms with E-state index in [1.165, 1.54) is 0 Å². The van der Waals surface area contributed by atoms with Gasteiger partial charge < -0.3 is 154 Å². The summed E-state index contributed by atoms with van der Waals surface area (Å²) in [5.74, 6) is 0. The van der Waals surface area contributed by atoms with Crippen molar-refractivity contribution in [3.63, 3.8) is 0 Å². The van der Waals surface area contributed by atoms with Gasteiger partial charge in [-0.3, -0.25) is 0 Å². The standard InChI is InChI=1S/C36H62O31/c37-1-7-13(43)19(49)20(50)32(58-7)64-27-15(45)9(3-39)60-34(22(27)52)66-29-17(47)11(5-41)62-36(24(29)54)67-30-18(48)12(6-42)61-35(25(30)55)65-28-16(46)10(4-40)59-33(23(28)53)63-26-14(44)8(2-38)57-31(56)21(26)51/h7-56H,1-6H2/t7-,8-,9-,10-,11-,12-,13-,14-,15-,16-,17-,18-,19+,20-,21-,22-,23-,24-,25-,26+,27+,28+,29+,30+,31-,32+,33+,34+,35+,36+/m1/s1. The monoisotopic (exact) mass is 990 g/mol. The van der Waals surface area contributed by atoms with Gasteiger partial charge in [0.1, 0.15) is 146 Å². The summed E-state index contributed by atoms with van der Waals surface area (Å²) in [5, 5.41) is 211. The van der Waals surface area contributed by atoms with Gasteiger partial charge in [-0.05, 0) is 0 Å². The van der Waals surface area contributed by atoms with Crippen molar-refractivity contribution in [3.05, 3.63) is 0 Å². The molecule has 0 spiro atoms. The Morgan fingerprint density at radius 3 is 0.687 bits per heavy atom. The van der Waals surface area contributed by atoms with Crippen molar-refractivity contribution in [2.45, 2.75) is 184 Å². The van der Waals surface area contributed by atoms with Gasteiger partial charge >= 0.3 is 0 Å². The molecule has 6 saturated heterocycles. The molecule has 0 aromatic rings. The van der Waals surface area contributed by atoms with E-state index in [2.05, 4.69) is 0 Å². The van der Waals surface area contributed by atoms with Gasteiger partial charge in [-0.15, -0.1) is 0 Å². The summed E-state index contributed by atoms with van der Waals surface area (Å²) in [7, 11) is 0. The Hall–Kier alpha value is -1.24. The van der Waals surface area contributed by atoms with E-state index >= 15 is 0 Å². The largest absolute Gasteiger partial charge is 0.394 e. The summed E-state index contributed by atoms with van der Waals surface area (Å²) >= 11 is 0. The van der Waals surface area contributed by atoms with E-state index in [0.717, 1.165) is 0 Å². The van der Waals surface area contributed by atoms with Crippen molar-refractivity contribution in [2.75, 3.05) is 39.6 Å². The molecule has 0 aromatic heterocycles. The first-order chi connectivity index (χ1) is 31.8. The van der Waals surface area contributed by atoms with Crippen molar-refractivity contribution in [2.24, 2.45) is 0 Å². The van der Waals surface area contributed by atoms with E-state index in [-0.39, 0.29) is 0 Å². The molecule has 0 radical (unpaired) electrons. The van der Waals surface area contributed by atoms with Crippen LogP contribution in [-0.4, -0.2) is 326 Å². The third-order valence-electron chi connectivity index (χ3n) is 12.4. The lowest BCUT2D eigenvalue weighted by molar-refractivity contribution is -0.398. The highest BCUT2D eigenvalue weighted by molar-refractivity contribution is 5.00. The average molecular weight is 991 g/mol. The molecule has 6 aliphatic rings. The quantitative estimate of drug-likeness (QED) is 0.0683. The first-order valence-electron chi connectivity index (χ1n) is 21.1. The average Bonchev–Trinajstić information content (AvgIpc) is 3.31. The Balaban J connectivity index is 1.18. The van der Waals surface area contributed by atoms with Crippen LogP contribution in [0.3, 0.4) is 0 Å². The van der Waals surface area contributed by atoms with Gasteiger partial charge in [0, 0.05) is 0 Å². The van der Waals surface area contributed by atoms with Gasteiger partial charge in [-0.25, -0.2) is 0 Å². The molecular weight excluding hydrogens is 928 g/mol. The Morgan fingerprint density at radius 2 is 0.433 bits per heavy atom. The van der Waals surface area contributed by atoms with Gasteiger partial charge in [-0.1, -0.05) is 0 Å². The first-order valence-corrected chi connectivity index (χ1v) is 21.1. The molecule has 6 fully saturated rings. The van der Waals surface area contributed by atoms with Gasteiger partial charge in [0.2, 0.25) is 0 Å². The highest BCUT2D eigenvalue weighted by atomic mass is 16.8. The van der Waals surface area contributed by atoms with Gasteiger partial charge in [0.25, 0.3) is 0 Å². The molecule has 0 aliphatic carbocycles. The van der Waals surface area contributed by atoms with E-state index in [0.29, 0.717) is 0 Å². The fourth-order valence-corrected chi connectivity index (χ4v) is 8.49. The smallest absolute Gasteiger partial charge is 0.187 e. The van der Waals surface area contributed by atoms with Crippen LogP contribution >= 0.6 is 0 Å². The van der Waals surface area contributed by atoms with Crippen molar-refractivity contribution < 1.29 is 154 Å². The SMILES string of the molecule is OC[C@H]1O[C@@H](O[C@@H]2[C@@H](O)[C@H](O[C@@H]3[C@@H](O)[C@H](O[C@@H]4[C@@H](O)[C@H](O[C@@H]5[C@@H](O)[C@H](O[C@@H]6[C@@H](O)[C@H](O)O[C@H](CO)[C@H]6O)O[C@H](CO)[C@H]5O)O[C@H](CO)[C@H]4O)O[C@H](CO)[C@H]3O)O[C@H](CO)[C@H]2O)[C@H](O)[C@@H](O)[C@@H]1O. The van der Waals surface area contributed by atoms with Crippen LogP contribution in [0.15, 0.2) is 0 Å². The lowest BCUT2D eigenvalue weighted by Crippen LogP contribution is -2.68. The Labute approximate surface area is 378 Å². The number of rotatable bonds is 16. The third-order valence-corrected chi connectivity index (χ3v) is 12.4. The van der Waals surface area contributed by atoms with E-state index in [1.807, 2.05) is 0 Å². The maximum absolute atomic E-state index is 11.5. The zero-order valence-electron chi connectivity index (χ0n) is 35.0. The van der Waals surface area contributed by atoms with Gasteiger partial charge in [-0.2, -0.15) is 0 Å². The fraction of sp³-hybridized carbons (Fsp3) is 1.00. The van der Waals surface area contributed by atoms with E-state index in [1.54, 1.807) is 0 Å². The zero-order valence-corrected chi connectivity index (χ0v) is 35.0. The highest BCUT2D eigenvalue weighted by Crippen LogP contribution is 2.37. The molecule has 6 aliphatic heterocycles. The topological polar surface area (TPSA) is 506 Å². The summed E-state index contributed by atoms with van der Waals surface area (Å²) in [5.41, 5.74) is 0. The summed E-state index contributed by atoms with van der Waals surface area (Å²) in [6.07, 6.45) is -58.5. The highest BCUT2D eigenvalue weighted by Gasteiger charge is 2.58. The van der Waals surface area contributed by atoms with Crippen molar-refractivity contribution >= 4 is 0 Å². The molecule has 392 valence electrons. The molecule has 6 heterocycles. The zero-order chi connectivity index (χ0) is 49.3. The van der Waals surface area contributed by atoms with Crippen molar-refractivity contribution in [1.29, 1.82) is 0 Å². The second-order valence-electron chi connectivity index (χ2n) is 16.8. The molecule has 0 amide bonds. The van der Waals surface area contributed by atoms with Crippen LogP contribution in [0.1, 0.15) is 0 Å². The molecule has 0 bridgehead atoms.